The van der Waals surface area contributed by atoms with Gasteiger partial charge in [-0.1, -0.05) is 13.3 Å². The third kappa shape index (κ3) is 2.69. The van der Waals surface area contributed by atoms with E-state index >= 15 is 0 Å². The molecule has 0 spiro atoms. The van der Waals surface area contributed by atoms with Crippen molar-refractivity contribution in [2.24, 2.45) is 5.92 Å². The Bertz CT molecular complexity index is 610. The van der Waals surface area contributed by atoms with Gasteiger partial charge in [0.1, 0.15) is 5.69 Å². The van der Waals surface area contributed by atoms with Crippen LogP contribution in [0.25, 0.3) is 10.1 Å². The van der Waals surface area contributed by atoms with E-state index in [-0.39, 0.29) is 11.9 Å². The average molecular weight is 289 g/mol. The van der Waals surface area contributed by atoms with E-state index in [9.17, 15) is 4.79 Å². The molecule has 20 heavy (non-hydrogen) atoms. The Labute approximate surface area is 122 Å². The first-order valence-corrected chi connectivity index (χ1v) is 8.00. The van der Waals surface area contributed by atoms with Gasteiger partial charge < -0.3 is 10.6 Å². The minimum atomic E-state index is -0.0625. The van der Waals surface area contributed by atoms with Gasteiger partial charge in [-0.3, -0.25) is 9.78 Å². The van der Waals surface area contributed by atoms with Crippen LogP contribution >= 0.6 is 11.3 Å². The van der Waals surface area contributed by atoms with E-state index < -0.39 is 0 Å². The number of hydrogen-bond donors (Lipinski definition) is 2. The molecule has 1 aliphatic heterocycles. The smallest absolute Gasteiger partial charge is 0.270 e. The van der Waals surface area contributed by atoms with Gasteiger partial charge >= 0.3 is 0 Å². The van der Waals surface area contributed by atoms with Crippen LogP contribution in [0, 0.1) is 5.92 Å². The van der Waals surface area contributed by atoms with Crippen LogP contribution in [-0.2, 0) is 0 Å². The molecule has 2 atom stereocenters. The van der Waals surface area contributed by atoms with Gasteiger partial charge in [-0.2, -0.15) is 0 Å². The second-order valence-corrected chi connectivity index (χ2v) is 6.22. The van der Waals surface area contributed by atoms with Crippen LogP contribution in [0.3, 0.4) is 0 Å². The first kappa shape index (κ1) is 13.5. The molecular formula is C15H19N3OS. The fourth-order valence-electron chi connectivity index (χ4n) is 2.79. The summed E-state index contributed by atoms with van der Waals surface area (Å²) < 4.78 is 1.11. The zero-order valence-electron chi connectivity index (χ0n) is 11.6. The molecule has 2 aromatic rings. The summed E-state index contributed by atoms with van der Waals surface area (Å²) in [5, 5.41) is 9.60. The van der Waals surface area contributed by atoms with Gasteiger partial charge in [0.15, 0.2) is 0 Å². The molecule has 4 nitrogen and oxygen atoms in total. The van der Waals surface area contributed by atoms with Gasteiger partial charge in [-0.05, 0) is 36.4 Å². The molecule has 1 aliphatic rings. The lowest BCUT2D eigenvalue weighted by Crippen LogP contribution is -2.51. The van der Waals surface area contributed by atoms with E-state index in [0.29, 0.717) is 11.6 Å². The summed E-state index contributed by atoms with van der Waals surface area (Å²) in [5.74, 6) is 0.498. The SMILES string of the molecule is CCC1CCNCC1NC(=O)c1cc2sccc2cn1. The molecule has 0 bridgehead atoms. The van der Waals surface area contributed by atoms with E-state index in [1.807, 2.05) is 17.5 Å². The molecule has 1 amide bonds. The van der Waals surface area contributed by atoms with Crippen LogP contribution in [0.4, 0.5) is 0 Å². The highest BCUT2D eigenvalue weighted by Crippen LogP contribution is 2.21. The Hall–Kier alpha value is -1.46. The van der Waals surface area contributed by atoms with E-state index in [0.717, 1.165) is 36.0 Å². The van der Waals surface area contributed by atoms with Crippen molar-refractivity contribution in [2.75, 3.05) is 13.1 Å². The van der Waals surface area contributed by atoms with Gasteiger partial charge in [-0.25, -0.2) is 0 Å². The van der Waals surface area contributed by atoms with Crippen molar-refractivity contribution in [2.45, 2.75) is 25.8 Å². The number of amides is 1. The lowest BCUT2D eigenvalue weighted by Gasteiger charge is -2.32. The van der Waals surface area contributed by atoms with Gasteiger partial charge in [0, 0.05) is 28.9 Å². The quantitative estimate of drug-likeness (QED) is 0.912. The Morgan fingerprint density at radius 3 is 3.35 bits per heavy atom. The van der Waals surface area contributed by atoms with Crippen molar-refractivity contribution < 1.29 is 4.79 Å². The van der Waals surface area contributed by atoms with Gasteiger partial charge in [-0.15, -0.1) is 11.3 Å². The van der Waals surface area contributed by atoms with E-state index in [1.165, 1.54) is 0 Å². The first-order valence-electron chi connectivity index (χ1n) is 7.12. The molecule has 5 heteroatoms. The number of thiophene rings is 1. The third-order valence-corrected chi connectivity index (χ3v) is 4.92. The van der Waals surface area contributed by atoms with Gasteiger partial charge in [0.2, 0.25) is 0 Å². The summed E-state index contributed by atoms with van der Waals surface area (Å²) in [6.07, 6.45) is 4.00. The Morgan fingerprint density at radius 1 is 1.60 bits per heavy atom. The van der Waals surface area contributed by atoms with Crippen LogP contribution in [-0.4, -0.2) is 30.0 Å². The fourth-order valence-corrected chi connectivity index (χ4v) is 3.59. The lowest BCUT2D eigenvalue weighted by atomic mass is 9.90. The molecule has 2 unspecified atom stereocenters. The van der Waals surface area contributed by atoms with E-state index in [4.69, 9.17) is 0 Å². The second kappa shape index (κ2) is 5.89. The monoisotopic (exact) mass is 289 g/mol. The Kier molecular flexibility index (Phi) is 3.98. The molecule has 2 aromatic heterocycles. The molecule has 106 valence electrons. The number of carbonyl (C=O) groups is 1. The minimum absolute atomic E-state index is 0.0625. The highest BCUT2D eigenvalue weighted by Gasteiger charge is 2.25. The molecule has 3 heterocycles. The van der Waals surface area contributed by atoms with Crippen molar-refractivity contribution >= 4 is 27.3 Å². The predicted molar refractivity (Wildman–Crippen MR) is 82.1 cm³/mol. The van der Waals surface area contributed by atoms with Crippen LogP contribution in [0.1, 0.15) is 30.3 Å². The van der Waals surface area contributed by atoms with Crippen LogP contribution in [0.15, 0.2) is 23.7 Å². The maximum absolute atomic E-state index is 12.3. The molecular weight excluding hydrogens is 270 g/mol. The standard InChI is InChI=1S/C15H19N3OS/c1-2-10-3-5-16-9-13(10)18-15(19)12-7-14-11(8-17-12)4-6-20-14/h4,6-8,10,13,16H,2-3,5,9H2,1H3,(H,18,19). The summed E-state index contributed by atoms with van der Waals surface area (Å²) in [6, 6.07) is 4.11. The van der Waals surface area contributed by atoms with Crippen LogP contribution in [0.2, 0.25) is 0 Å². The molecule has 1 saturated heterocycles. The zero-order valence-corrected chi connectivity index (χ0v) is 12.4. The van der Waals surface area contributed by atoms with Crippen molar-refractivity contribution in [1.29, 1.82) is 0 Å². The highest BCUT2D eigenvalue weighted by molar-refractivity contribution is 7.17. The van der Waals surface area contributed by atoms with Crippen molar-refractivity contribution in [1.82, 2.24) is 15.6 Å². The molecule has 1 fully saturated rings. The third-order valence-electron chi connectivity index (χ3n) is 4.04. The Morgan fingerprint density at radius 2 is 2.50 bits per heavy atom. The second-order valence-electron chi connectivity index (χ2n) is 5.27. The number of nitrogens with zero attached hydrogens (tertiary/aromatic N) is 1. The molecule has 0 aliphatic carbocycles. The lowest BCUT2D eigenvalue weighted by molar-refractivity contribution is 0.0905. The Balaban J connectivity index is 1.74. The number of aromatic nitrogens is 1. The highest BCUT2D eigenvalue weighted by atomic mass is 32.1. The number of rotatable bonds is 3. The van der Waals surface area contributed by atoms with Gasteiger partial charge in [0.05, 0.1) is 0 Å². The van der Waals surface area contributed by atoms with E-state index in [1.54, 1.807) is 17.5 Å². The molecule has 2 N–H and O–H groups in total. The normalized spacial score (nSPS) is 22.9. The van der Waals surface area contributed by atoms with Crippen LogP contribution < -0.4 is 10.6 Å². The average Bonchev–Trinajstić information content (AvgIpc) is 2.95. The summed E-state index contributed by atoms with van der Waals surface area (Å²) in [6.45, 7) is 4.08. The number of fused-ring (bicyclic) bond motifs is 1. The number of hydrogen-bond acceptors (Lipinski definition) is 4. The molecule has 0 aromatic carbocycles. The van der Waals surface area contributed by atoms with Crippen molar-refractivity contribution in [3.63, 3.8) is 0 Å². The number of pyridine rings is 1. The van der Waals surface area contributed by atoms with Crippen molar-refractivity contribution in [3.8, 4) is 0 Å². The molecule has 0 saturated carbocycles. The molecule has 3 rings (SSSR count). The largest absolute Gasteiger partial charge is 0.346 e. The summed E-state index contributed by atoms with van der Waals surface area (Å²) in [5.41, 5.74) is 0.514. The molecule has 0 radical (unpaired) electrons. The number of nitrogens with one attached hydrogen (secondary N) is 2. The van der Waals surface area contributed by atoms with Crippen LogP contribution in [0.5, 0.6) is 0 Å². The summed E-state index contributed by atoms with van der Waals surface area (Å²) in [4.78, 5) is 16.6. The number of carbonyl (C=O) groups excluding carboxylic acids is 1. The number of piperidine rings is 1. The van der Waals surface area contributed by atoms with E-state index in [2.05, 4.69) is 22.5 Å². The zero-order chi connectivity index (χ0) is 13.9. The maximum atomic E-state index is 12.3. The van der Waals surface area contributed by atoms with Crippen molar-refractivity contribution in [3.05, 3.63) is 29.4 Å². The topological polar surface area (TPSA) is 54.0 Å². The summed E-state index contributed by atoms with van der Waals surface area (Å²) in [7, 11) is 0. The maximum Gasteiger partial charge on any atom is 0.270 e. The summed E-state index contributed by atoms with van der Waals surface area (Å²) >= 11 is 1.64. The minimum Gasteiger partial charge on any atom is -0.346 e. The first-order chi connectivity index (χ1) is 9.78. The van der Waals surface area contributed by atoms with Gasteiger partial charge in [0.25, 0.3) is 5.91 Å². The fraction of sp³-hybridized carbons (Fsp3) is 0.467. The predicted octanol–water partition coefficient (Wildman–Crippen LogP) is 2.41.